The second-order valence-corrected chi connectivity index (χ2v) is 3.57. The highest BCUT2D eigenvalue weighted by Gasteiger charge is 2.11. The van der Waals surface area contributed by atoms with E-state index in [-0.39, 0.29) is 12.4 Å². The van der Waals surface area contributed by atoms with Gasteiger partial charge in [-0.2, -0.15) is 0 Å². The van der Waals surface area contributed by atoms with Gasteiger partial charge in [0.25, 0.3) is 0 Å². The number of hydrogen-bond donors (Lipinski definition) is 1. The molecule has 1 rings (SSSR count). The van der Waals surface area contributed by atoms with Crippen LogP contribution in [0.3, 0.4) is 0 Å². The van der Waals surface area contributed by atoms with Crippen LogP contribution in [0.2, 0.25) is 0 Å². The number of carbonyl (C=O) groups is 1. The number of nitrogens with two attached hydrogens (primary N) is 1. The summed E-state index contributed by atoms with van der Waals surface area (Å²) in [6, 6.07) is 0. The number of nitrogens with zero attached hydrogens (tertiary/aromatic N) is 2. The Kier molecular flexibility index (Phi) is 4.73. The third-order valence-electron chi connectivity index (χ3n) is 1.69. The molecular weight excluding hydrogens is 309 g/mol. The maximum atomic E-state index is 11.3. The summed E-state index contributed by atoms with van der Waals surface area (Å²) in [7, 11) is 0. The fourth-order valence-corrected chi connectivity index (χ4v) is 1.71. The van der Waals surface area contributed by atoms with Crippen molar-refractivity contribution < 1.29 is 9.53 Å². The molecule has 2 N–H and O–H groups in total. The van der Waals surface area contributed by atoms with Crippen molar-refractivity contribution in [3.63, 3.8) is 0 Å². The highest BCUT2D eigenvalue weighted by atomic mass is 127. The van der Waals surface area contributed by atoms with E-state index in [9.17, 15) is 4.79 Å². The van der Waals surface area contributed by atoms with Crippen molar-refractivity contribution in [2.24, 2.45) is 0 Å². The molecule has 0 saturated carbocycles. The van der Waals surface area contributed by atoms with E-state index >= 15 is 0 Å². The van der Waals surface area contributed by atoms with E-state index in [1.807, 2.05) is 0 Å². The van der Waals surface area contributed by atoms with E-state index in [1.165, 1.54) is 6.20 Å². The summed E-state index contributed by atoms with van der Waals surface area (Å²) in [5.74, 6) is 0.0198. The molecule has 0 fully saturated rings. The van der Waals surface area contributed by atoms with Gasteiger partial charge in [0, 0.05) is 4.43 Å². The number of esters is 1. The van der Waals surface area contributed by atoms with Gasteiger partial charge in [-0.15, -0.1) is 0 Å². The average molecular weight is 321 g/mol. The highest BCUT2D eigenvalue weighted by Crippen LogP contribution is 2.10. The molecule has 0 aromatic carbocycles. The van der Waals surface area contributed by atoms with Crippen LogP contribution >= 0.6 is 22.6 Å². The van der Waals surface area contributed by atoms with Gasteiger partial charge in [0.15, 0.2) is 0 Å². The zero-order chi connectivity index (χ0) is 11.3. The summed E-state index contributed by atoms with van der Waals surface area (Å²) in [5.41, 5.74) is 6.88. The van der Waals surface area contributed by atoms with Crippen molar-refractivity contribution in [2.45, 2.75) is 17.8 Å². The lowest BCUT2D eigenvalue weighted by atomic mass is 10.2. The SMILES string of the molecule is CCOC(=O)Cc1nc(N)cnc1CI. The molecule has 1 heterocycles. The number of ether oxygens (including phenoxy) is 1. The molecular formula is C9H12IN3O2. The van der Waals surface area contributed by atoms with Gasteiger partial charge < -0.3 is 10.5 Å². The van der Waals surface area contributed by atoms with Crippen molar-refractivity contribution in [2.75, 3.05) is 12.3 Å². The maximum Gasteiger partial charge on any atom is 0.311 e. The molecule has 0 atom stereocenters. The predicted molar refractivity (Wildman–Crippen MR) is 64.5 cm³/mol. The summed E-state index contributed by atoms with van der Waals surface area (Å²) >= 11 is 2.16. The predicted octanol–water partition coefficient (Wildman–Crippen LogP) is 1.10. The number of anilines is 1. The first-order chi connectivity index (χ1) is 7.17. The van der Waals surface area contributed by atoms with E-state index < -0.39 is 0 Å². The standard InChI is InChI=1S/C9H12IN3O2/c1-2-15-9(14)3-6-7(4-10)12-5-8(11)13-6/h5H,2-4H2,1H3,(H2,11,13). The highest BCUT2D eigenvalue weighted by molar-refractivity contribution is 14.1. The zero-order valence-corrected chi connectivity index (χ0v) is 10.5. The molecule has 0 aliphatic carbocycles. The van der Waals surface area contributed by atoms with Crippen LogP contribution in [0.1, 0.15) is 18.3 Å². The molecule has 82 valence electrons. The molecule has 0 aliphatic heterocycles. The zero-order valence-electron chi connectivity index (χ0n) is 8.36. The van der Waals surface area contributed by atoms with Crippen LogP contribution in [-0.2, 0) is 20.4 Å². The molecule has 5 nitrogen and oxygen atoms in total. The Morgan fingerprint density at radius 2 is 2.33 bits per heavy atom. The largest absolute Gasteiger partial charge is 0.466 e. The lowest BCUT2D eigenvalue weighted by molar-refractivity contribution is -0.142. The summed E-state index contributed by atoms with van der Waals surface area (Å²) < 4.78 is 5.53. The number of nitrogen functional groups attached to an aromatic ring is 1. The van der Waals surface area contributed by atoms with Gasteiger partial charge in [0.1, 0.15) is 5.82 Å². The van der Waals surface area contributed by atoms with Crippen LogP contribution < -0.4 is 5.73 Å². The third-order valence-corrected chi connectivity index (χ3v) is 2.42. The molecule has 1 aromatic heterocycles. The van der Waals surface area contributed by atoms with E-state index in [2.05, 4.69) is 32.6 Å². The quantitative estimate of drug-likeness (QED) is 0.510. The molecule has 0 aliphatic rings. The third kappa shape index (κ3) is 3.61. The Morgan fingerprint density at radius 3 is 2.93 bits per heavy atom. The van der Waals surface area contributed by atoms with Crippen LogP contribution in [0.25, 0.3) is 0 Å². The summed E-state index contributed by atoms with van der Waals surface area (Å²) in [6.07, 6.45) is 1.62. The Bertz CT molecular complexity index is 357. The fourth-order valence-electron chi connectivity index (χ4n) is 1.07. The van der Waals surface area contributed by atoms with Gasteiger partial charge in [-0.3, -0.25) is 9.78 Å². The number of hydrogen-bond acceptors (Lipinski definition) is 5. The lowest BCUT2D eigenvalue weighted by Crippen LogP contribution is -2.12. The molecule has 0 radical (unpaired) electrons. The minimum atomic E-state index is -0.302. The van der Waals surface area contributed by atoms with E-state index in [0.29, 0.717) is 22.5 Å². The molecule has 0 bridgehead atoms. The van der Waals surface area contributed by atoms with Crippen molar-refractivity contribution in [1.29, 1.82) is 0 Å². The number of rotatable bonds is 4. The van der Waals surface area contributed by atoms with Gasteiger partial charge in [-0.05, 0) is 6.92 Å². The average Bonchev–Trinajstić information content (AvgIpc) is 2.18. The lowest BCUT2D eigenvalue weighted by Gasteiger charge is -2.05. The normalized spacial score (nSPS) is 10.0. The Morgan fingerprint density at radius 1 is 1.60 bits per heavy atom. The van der Waals surface area contributed by atoms with Crippen molar-refractivity contribution in [3.05, 3.63) is 17.6 Å². The smallest absolute Gasteiger partial charge is 0.311 e. The fraction of sp³-hybridized carbons (Fsp3) is 0.444. The molecule has 0 amide bonds. The van der Waals surface area contributed by atoms with Crippen LogP contribution in [0.4, 0.5) is 5.82 Å². The van der Waals surface area contributed by atoms with Gasteiger partial charge in [-0.25, -0.2) is 4.98 Å². The number of halogens is 1. The summed E-state index contributed by atoms with van der Waals surface area (Å²) in [6.45, 7) is 2.14. The maximum absolute atomic E-state index is 11.3. The minimum Gasteiger partial charge on any atom is -0.466 e. The molecule has 1 aromatic rings. The van der Waals surface area contributed by atoms with Crippen LogP contribution in [0.5, 0.6) is 0 Å². The molecule has 0 saturated heterocycles. The Balaban J connectivity index is 2.82. The molecule has 0 unspecified atom stereocenters. The topological polar surface area (TPSA) is 78.1 Å². The second-order valence-electron chi connectivity index (χ2n) is 2.80. The number of carbonyl (C=O) groups excluding carboxylic acids is 1. The first-order valence-corrected chi connectivity index (χ1v) is 6.01. The van der Waals surface area contributed by atoms with E-state index in [0.717, 1.165) is 5.69 Å². The molecule has 6 heteroatoms. The van der Waals surface area contributed by atoms with Crippen LogP contribution in [0, 0.1) is 0 Å². The summed E-state index contributed by atoms with van der Waals surface area (Å²) in [5, 5.41) is 0. The Labute approximate surface area is 102 Å². The van der Waals surface area contributed by atoms with Crippen molar-refractivity contribution in [1.82, 2.24) is 9.97 Å². The van der Waals surface area contributed by atoms with Gasteiger partial charge in [0.05, 0.1) is 30.6 Å². The van der Waals surface area contributed by atoms with E-state index in [1.54, 1.807) is 6.92 Å². The first-order valence-electron chi connectivity index (χ1n) is 4.49. The molecule has 15 heavy (non-hydrogen) atoms. The number of alkyl halides is 1. The van der Waals surface area contributed by atoms with E-state index in [4.69, 9.17) is 10.5 Å². The number of aromatic nitrogens is 2. The van der Waals surface area contributed by atoms with Gasteiger partial charge >= 0.3 is 5.97 Å². The van der Waals surface area contributed by atoms with Crippen molar-refractivity contribution >= 4 is 34.4 Å². The monoisotopic (exact) mass is 321 g/mol. The summed E-state index contributed by atoms with van der Waals surface area (Å²) in [4.78, 5) is 19.4. The molecule has 0 spiro atoms. The second kappa shape index (κ2) is 5.84. The van der Waals surface area contributed by atoms with Crippen LogP contribution in [0.15, 0.2) is 6.20 Å². The van der Waals surface area contributed by atoms with Gasteiger partial charge in [0.2, 0.25) is 0 Å². The van der Waals surface area contributed by atoms with Crippen LogP contribution in [-0.4, -0.2) is 22.5 Å². The first kappa shape index (κ1) is 12.2. The minimum absolute atomic E-state index is 0.129. The van der Waals surface area contributed by atoms with Gasteiger partial charge in [-0.1, -0.05) is 22.6 Å². The van der Waals surface area contributed by atoms with Crippen molar-refractivity contribution in [3.8, 4) is 0 Å². The Hall–Kier alpha value is -0.920.